The first-order valence-corrected chi connectivity index (χ1v) is 7.85. The van der Waals surface area contributed by atoms with E-state index >= 15 is 0 Å². The Bertz CT molecular complexity index is 235. The summed E-state index contributed by atoms with van der Waals surface area (Å²) in [5.74, 6) is 0.896. The number of likely N-dealkylation sites (tertiary alicyclic amines) is 1. The summed E-state index contributed by atoms with van der Waals surface area (Å²) < 4.78 is 5.91. The van der Waals surface area contributed by atoms with Crippen molar-refractivity contribution in [2.24, 2.45) is 5.92 Å². The van der Waals surface area contributed by atoms with Crippen LogP contribution < -0.4 is 5.32 Å². The molecule has 2 aliphatic heterocycles. The lowest BCUT2D eigenvalue weighted by atomic mass is 9.93. The van der Waals surface area contributed by atoms with Crippen molar-refractivity contribution in [2.45, 2.75) is 58.1 Å². The van der Waals surface area contributed by atoms with E-state index < -0.39 is 0 Å². The summed E-state index contributed by atoms with van der Waals surface area (Å²) in [6, 6.07) is 0.707. The van der Waals surface area contributed by atoms with E-state index in [-0.39, 0.29) is 0 Å². The van der Waals surface area contributed by atoms with Crippen LogP contribution in [0.3, 0.4) is 0 Å². The minimum atomic E-state index is 0.486. The van der Waals surface area contributed by atoms with Crippen molar-refractivity contribution in [3.05, 3.63) is 0 Å². The van der Waals surface area contributed by atoms with Gasteiger partial charge in [-0.2, -0.15) is 0 Å². The first-order chi connectivity index (χ1) is 8.78. The Balaban J connectivity index is 1.71. The van der Waals surface area contributed by atoms with Crippen molar-refractivity contribution < 1.29 is 4.74 Å². The van der Waals surface area contributed by atoms with Gasteiger partial charge in [-0.15, -0.1) is 0 Å². The first-order valence-electron chi connectivity index (χ1n) is 7.85. The highest BCUT2D eigenvalue weighted by Crippen LogP contribution is 2.18. The lowest BCUT2D eigenvalue weighted by Crippen LogP contribution is -2.49. The molecule has 2 fully saturated rings. The predicted molar refractivity (Wildman–Crippen MR) is 75.9 cm³/mol. The van der Waals surface area contributed by atoms with Crippen LogP contribution in [0, 0.1) is 5.92 Å². The summed E-state index contributed by atoms with van der Waals surface area (Å²) >= 11 is 0. The fraction of sp³-hybridized carbons (Fsp3) is 1.00. The maximum atomic E-state index is 5.91. The maximum absolute atomic E-state index is 5.91. The Morgan fingerprint density at radius 3 is 3.00 bits per heavy atom. The third-order valence-corrected chi connectivity index (χ3v) is 4.26. The molecular formula is C15H30N2O. The van der Waals surface area contributed by atoms with Gasteiger partial charge in [0.2, 0.25) is 0 Å². The minimum absolute atomic E-state index is 0.486. The largest absolute Gasteiger partial charge is 0.377 e. The van der Waals surface area contributed by atoms with Gasteiger partial charge >= 0.3 is 0 Å². The molecule has 0 spiro atoms. The third kappa shape index (κ3) is 4.52. The molecule has 3 atom stereocenters. The summed E-state index contributed by atoms with van der Waals surface area (Å²) in [4.78, 5) is 2.61. The van der Waals surface area contributed by atoms with Crippen LogP contribution in [0.4, 0.5) is 0 Å². The van der Waals surface area contributed by atoms with Gasteiger partial charge in [-0.1, -0.05) is 13.8 Å². The molecule has 0 bridgehead atoms. The van der Waals surface area contributed by atoms with Crippen molar-refractivity contribution in [3.63, 3.8) is 0 Å². The Labute approximate surface area is 112 Å². The Morgan fingerprint density at radius 1 is 1.33 bits per heavy atom. The number of piperidine rings is 2. The van der Waals surface area contributed by atoms with Gasteiger partial charge in [0.15, 0.2) is 0 Å². The Hall–Kier alpha value is -0.120. The zero-order valence-electron chi connectivity index (χ0n) is 12.2. The molecule has 0 radical (unpaired) electrons. The molecule has 3 nitrogen and oxygen atoms in total. The van der Waals surface area contributed by atoms with Crippen molar-refractivity contribution >= 4 is 0 Å². The second-order valence-electron chi connectivity index (χ2n) is 6.18. The van der Waals surface area contributed by atoms with Crippen LogP contribution in [-0.2, 0) is 4.74 Å². The quantitative estimate of drug-likeness (QED) is 0.814. The topological polar surface area (TPSA) is 24.5 Å². The SMILES string of the molecule is CCCOC1CCCN(CC2CC(C)CCN2)C1. The Kier molecular flexibility index (Phi) is 5.93. The number of nitrogens with one attached hydrogen (secondary N) is 1. The number of nitrogens with zero attached hydrogens (tertiary/aromatic N) is 1. The fourth-order valence-corrected chi connectivity index (χ4v) is 3.27. The highest BCUT2D eigenvalue weighted by molar-refractivity contribution is 4.82. The number of rotatable bonds is 5. The van der Waals surface area contributed by atoms with Gasteiger partial charge < -0.3 is 10.1 Å². The van der Waals surface area contributed by atoms with E-state index in [2.05, 4.69) is 24.1 Å². The molecule has 2 heterocycles. The summed E-state index contributed by atoms with van der Waals surface area (Å²) in [5, 5.41) is 3.67. The molecule has 0 aromatic rings. The third-order valence-electron chi connectivity index (χ3n) is 4.26. The van der Waals surface area contributed by atoms with E-state index in [1.54, 1.807) is 0 Å². The molecule has 18 heavy (non-hydrogen) atoms. The molecule has 0 saturated carbocycles. The number of hydrogen-bond donors (Lipinski definition) is 1. The average Bonchev–Trinajstić information content (AvgIpc) is 2.37. The molecule has 0 aliphatic carbocycles. The van der Waals surface area contributed by atoms with Crippen LogP contribution in [0.1, 0.15) is 46.0 Å². The number of ether oxygens (including phenoxy) is 1. The summed E-state index contributed by atoms with van der Waals surface area (Å²) in [6.07, 6.45) is 6.87. The molecule has 106 valence electrons. The van der Waals surface area contributed by atoms with Crippen LogP contribution in [0.2, 0.25) is 0 Å². The van der Waals surface area contributed by atoms with E-state index in [0.29, 0.717) is 12.1 Å². The van der Waals surface area contributed by atoms with E-state index in [1.807, 2.05) is 0 Å². The lowest BCUT2D eigenvalue weighted by Gasteiger charge is -2.37. The van der Waals surface area contributed by atoms with E-state index in [4.69, 9.17) is 4.74 Å². The van der Waals surface area contributed by atoms with Crippen molar-refractivity contribution in [3.8, 4) is 0 Å². The van der Waals surface area contributed by atoms with Crippen LogP contribution in [0.15, 0.2) is 0 Å². The van der Waals surface area contributed by atoms with Crippen molar-refractivity contribution in [1.29, 1.82) is 0 Å². The molecular weight excluding hydrogens is 224 g/mol. The minimum Gasteiger partial charge on any atom is -0.377 e. The lowest BCUT2D eigenvalue weighted by molar-refractivity contribution is -0.00344. The molecule has 3 heteroatoms. The highest BCUT2D eigenvalue weighted by atomic mass is 16.5. The fourth-order valence-electron chi connectivity index (χ4n) is 3.27. The van der Waals surface area contributed by atoms with Crippen LogP contribution in [0.25, 0.3) is 0 Å². The molecule has 2 aliphatic rings. The normalized spacial score (nSPS) is 34.7. The van der Waals surface area contributed by atoms with E-state index in [0.717, 1.165) is 25.5 Å². The van der Waals surface area contributed by atoms with Crippen molar-refractivity contribution in [1.82, 2.24) is 10.2 Å². The van der Waals surface area contributed by atoms with Gasteiger partial charge in [0.1, 0.15) is 0 Å². The zero-order chi connectivity index (χ0) is 12.8. The van der Waals surface area contributed by atoms with Gasteiger partial charge in [-0.3, -0.25) is 4.90 Å². The smallest absolute Gasteiger partial charge is 0.0702 e. The molecule has 0 aromatic heterocycles. The summed E-state index contributed by atoms with van der Waals surface area (Å²) in [7, 11) is 0. The van der Waals surface area contributed by atoms with Gasteiger partial charge in [-0.25, -0.2) is 0 Å². The zero-order valence-corrected chi connectivity index (χ0v) is 12.2. The molecule has 2 rings (SSSR count). The highest BCUT2D eigenvalue weighted by Gasteiger charge is 2.25. The van der Waals surface area contributed by atoms with Crippen LogP contribution in [-0.4, -0.2) is 49.8 Å². The second kappa shape index (κ2) is 7.46. The van der Waals surface area contributed by atoms with Gasteiger partial charge in [-0.05, 0) is 51.1 Å². The van der Waals surface area contributed by atoms with Gasteiger partial charge in [0, 0.05) is 25.7 Å². The maximum Gasteiger partial charge on any atom is 0.0702 e. The molecule has 0 amide bonds. The summed E-state index contributed by atoms with van der Waals surface area (Å²) in [6.45, 7) is 10.3. The molecule has 0 aromatic carbocycles. The molecule has 3 unspecified atom stereocenters. The van der Waals surface area contributed by atoms with E-state index in [9.17, 15) is 0 Å². The van der Waals surface area contributed by atoms with Crippen molar-refractivity contribution in [2.75, 3.05) is 32.8 Å². The van der Waals surface area contributed by atoms with Gasteiger partial charge in [0.25, 0.3) is 0 Å². The van der Waals surface area contributed by atoms with Gasteiger partial charge in [0.05, 0.1) is 6.10 Å². The number of hydrogen-bond acceptors (Lipinski definition) is 3. The second-order valence-corrected chi connectivity index (χ2v) is 6.18. The standard InChI is InChI=1S/C15H30N2O/c1-3-9-18-15-5-4-8-17(12-15)11-14-10-13(2)6-7-16-14/h13-16H,3-12H2,1-2H3. The van der Waals surface area contributed by atoms with Crippen LogP contribution >= 0.6 is 0 Å². The summed E-state index contributed by atoms with van der Waals surface area (Å²) in [5.41, 5.74) is 0. The predicted octanol–water partition coefficient (Wildman–Crippen LogP) is 2.27. The molecule has 2 saturated heterocycles. The molecule has 1 N–H and O–H groups in total. The monoisotopic (exact) mass is 254 g/mol. The van der Waals surface area contributed by atoms with Crippen LogP contribution in [0.5, 0.6) is 0 Å². The Morgan fingerprint density at radius 2 is 2.22 bits per heavy atom. The first kappa shape index (κ1) is 14.3. The average molecular weight is 254 g/mol. The van der Waals surface area contributed by atoms with E-state index in [1.165, 1.54) is 45.3 Å².